The van der Waals surface area contributed by atoms with Crippen molar-refractivity contribution in [2.24, 2.45) is 5.73 Å². The highest BCUT2D eigenvalue weighted by atomic mass is 32.1. The van der Waals surface area contributed by atoms with Gasteiger partial charge in [0.25, 0.3) is 5.91 Å². The highest BCUT2D eigenvalue weighted by molar-refractivity contribution is 7.80. The Hall–Kier alpha value is -1.95. The summed E-state index contributed by atoms with van der Waals surface area (Å²) < 4.78 is 0. The van der Waals surface area contributed by atoms with Gasteiger partial charge in [0.1, 0.15) is 4.99 Å². The molecule has 96 valence electrons. The number of carbonyl (C=O) groups is 2. The summed E-state index contributed by atoms with van der Waals surface area (Å²) in [5.74, 6) is -0.470. The number of nitrogens with zero attached hydrogens (tertiary/aromatic N) is 1. The van der Waals surface area contributed by atoms with Gasteiger partial charge in [-0.05, 0) is 12.1 Å². The lowest BCUT2D eigenvalue weighted by atomic mass is 10.1. The molecule has 1 rings (SSSR count). The molecule has 6 heteroatoms. The molecule has 0 unspecified atom stereocenters. The normalized spacial score (nSPS) is 9.67. The third kappa shape index (κ3) is 3.81. The standard InChI is InChI=1S/C12H15N3O2S/c1-15(2)10(16)7-14-12(17)9-5-3-8(4-6-9)11(13)18/h3-6H,7H2,1-2H3,(H2,13,18)(H,14,17). The lowest BCUT2D eigenvalue weighted by Crippen LogP contribution is -2.36. The second-order valence-corrected chi connectivity index (χ2v) is 4.35. The molecule has 3 N–H and O–H groups in total. The summed E-state index contributed by atoms with van der Waals surface area (Å²) >= 11 is 4.81. The molecule has 0 heterocycles. The largest absolute Gasteiger partial charge is 0.389 e. The lowest BCUT2D eigenvalue weighted by molar-refractivity contribution is -0.127. The molecule has 5 nitrogen and oxygen atoms in total. The first-order valence-electron chi connectivity index (χ1n) is 5.30. The molecule has 0 bridgehead atoms. The fraction of sp³-hybridized carbons (Fsp3) is 0.250. The van der Waals surface area contributed by atoms with Crippen LogP contribution in [0.5, 0.6) is 0 Å². The summed E-state index contributed by atoms with van der Waals surface area (Å²) in [6, 6.07) is 6.57. The maximum atomic E-state index is 11.7. The Morgan fingerprint density at radius 2 is 1.72 bits per heavy atom. The maximum Gasteiger partial charge on any atom is 0.251 e. The molecule has 0 atom stereocenters. The molecule has 0 aliphatic heterocycles. The third-order valence-corrected chi connectivity index (χ3v) is 2.57. The van der Waals surface area contributed by atoms with Gasteiger partial charge in [0.05, 0.1) is 6.54 Å². The summed E-state index contributed by atoms with van der Waals surface area (Å²) in [5.41, 5.74) is 6.61. The zero-order valence-corrected chi connectivity index (χ0v) is 11.1. The first-order chi connectivity index (χ1) is 8.41. The van der Waals surface area contributed by atoms with Crippen LogP contribution in [0.25, 0.3) is 0 Å². The van der Waals surface area contributed by atoms with Gasteiger partial charge in [-0.1, -0.05) is 24.4 Å². The van der Waals surface area contributed by atoms with Gasteiger partial charge in [-0.25, -0.2) is 0 Å². The topological polar surface area (TPSA) is 75.4 Å². The minimum absolute atomic E-state index is 0.0249. The zero-order valence-electron chi connectivity index (χ0n) is 10.3. The molecule has 0 aliphatic carbocycles. The minimum Gasteiger partial charge on any atom is -0.389 e. The Balaban J connectivity index is 2.62. The number of nitrogens with two attached hydrogens (primary N) is 1. The van der Waals surface area contributed by atoms with Crippen LogP contribution in [0.3, 0.4) is 0 Å². The first kappa shape index (κ1) is 14.1. The Kier molecular flexibility index (Phi) is 4.79. The smallest absolute Gasteiger partial charge is 0.251 e. The number of benzene rings is 1. The Labute approximate surface area is 111 Å². The lowest BCUT2D eigenvalue weighted by Gasteiger charge is -2.11. The molecule has 18 heavy (non-hydrogen) atoms. The van der Waals surface area contributed by atoms with Crippen molar-refractivity contribution < 1.29 is 9.59 Å². The molecule has 2 amide bonds. The second-order valence-electron chi connectivity index (χ2n) is 3.91. The van der Waals surface area contributed by atoms with E-state index in [-0.39, 0.29) is 23.3 Å². The predicted octanol–water partition coefficient (Wildman–Crippen LogP) is 0.139. The Morgan fingerprint density at radius 1 is 1.22 bits per heavy atom. The van der Waals surface area contributed by atoms with E-state index < -0.39 is 0 Å². The van der Waals surface area contributed by atoms with Crippen molar-refractivity contribution in [3.8, 4) is 0 Å². The van der Waals surface area contributed by atoms with E-state index in [1.165, 1.54) is 4.90 Å². The fourth-order valence-electron chi connectivity index (χ4n) is 1.20. The number of hydrogen-bond donors (Lipinski definition) is 2. The van der Waals surface area contributed by atoms with Crippen LogP contribution in [0.4, 0.5) is 0 Å². The number of amides is 2. The van der Waals surface area contributed by atoms with Crippen molar-refractivity contribution >= 4 is 29.0 Å². The van der Waals surface area contributed by atoms with Crippen molar-refractivity contribution in [2.45, 2.75) is 0 Å². The van der Waals surface area contributed by atoms with Gasteiger partial charge in [0.2, 0.25) is 5.91 Å². The highest BCUT2D eigenvalue weighted by Gasteiger charge is 2.09. The van der Waals surface area contributed by atoms with Crippen LogP contribution >= 0.6 is 12.2 Å². The number of nitrogens with one attached hydrogen (secondary N) is 1. The summed E-state index contributed by atoms with van der Waals surface area (Å²) in [6.45, 7) is -0.0249. The van der Waals surface area contributed by atoms with Crippen molar-refractivity contribution in [3.05, 3.63) is 35.4 Å². The van der Waals surface area contributed by atoms with Gasteiger partial charge in [-0.15, -0.1) is 0 Å². The number of likely N-dealkylation sites (N-methyl/N-ethyl adjacent to an activating group) is 1. The zero-order chi connectivity index (χ0) is 13.7. The highest BCUT2D eigenvalue weighted by Crippen LogP contribution is 2.04. The van der Waals surface area contributed by atoms with E-state index in [2.05, 4.69) is 5.32 Å². The van der Waals surface area contributed by atoms with Crippen molar-refractivity contribution in [1.29, 1.82) is 0 Å². The summed E-state index contributed by atoms with van der Waals surface area (Å²) in [5, 5.41) is 2.53. The van der Waals surface area contributed by atoms with Crippen molar-refractivity contribution in [2.75, 3.05) is 20.6 Å². The van der Waals surface area contributed by atoms with Crippen LogP contribution in [0.1, 0.15) is 15.9 Å². The average Bonchev–Trinajstić information content (AvgIpc) is 2.35. The SMILES string of the molecule is CN(C)C(=O)CNC(=O)c1ccc(C(N)=S)cc1. The molecule has 0 aliphatic rings. The van der Waals surface area contributed by atoms with E-state index in [1.54, 1.807) is 38.4 Å². The monoisotopic (exact) mass is 265 g/mol. The molecule has 0 saturated carbocycles. The van der Waals surface area contributed by atoms with Crippen LogP contribution in [0.15, 0.2) is 24.3 Å². The molecule has 0 spiro atoms. The van der Waals surface area contributed by atoms with Crippen LogP contribution in [0.2, 0.25) is 0 Å². The van der Waals surface area contributed by atoms with Crippen LogP contribution in [-0.2, 0) is 4.79 Å². The molecule has 0 aromatic heterocycles. The van der Waals surface area contributed by atoms with Gasteiger partial charge in [0, 0.05) is 25.2 Å². The van der Waals surface area contributed by atoms with E-state index in [4.69, 9.17) is 18.0 Å². The van der Waals surface area contributed by atoms with Gasteiger partial charge in [-0.2, -0.15) is 0 Å². The number of rotatable bonds is 4. The second kappa shape index (κ2) is 6.11. The Morgan fingerprint density at radius 3 is 2.17 bits per heavy atom. The van der Waals surface area contributed by atoms with Gasteiger partial charge in [0.15, 0.2) is 0 Å². The fourth-order valence-corrected chi connectivity index (χ4v) is 1.34. The molecular formula is C12H15N3O2S. The molecule has 0 radical (unpaired) electrons. The number of hydrogen-bond acceptors (Lipinski definition) is 3. The third-order valence-electron chi connectivity index (χ3n) is 2.33. The van der Waals surface area contributed by atoms with Gasteiger partial charge >= 0.3 is 0 Å². The summed E-state index contributed by atoms with van der Waals surface area (Å²) in [7, 11) is 3.26. The molecular weight excluding hydrogens is 250 g/mol. The minimum atomic E-state index is -0.306. The van der Waals surface area contributed by atoms with Gasteiger partial charge < -0.3 is 16.0 Å². The van der Waals surface area contributed by atoms with Crippen molar-refractivity contribution in [3.63, 3.8) is 0 Å². The van der Waals surface area contributed by atoms with E-state index in [1.807, 2.05) is 0 Å². The van der Waals surface area contributed by atoms with Crippen LogP contribution in [-0.4, -0.2) is 42.3 Å². The van der Waals surface area contributed by atoms with Crippen molar-refractivity contribution in [1.82, 2.24) is 10.2 Å². The quantitative estimate of drug-likeness (QED) is 0.759. The number of carbonyl (C=O) groups excluding carboxylic acids is 2. The number of thiocarbonyl (C=S) groups is 1. The predicted molar refractivity (Wildman–Crippen MR) is 73.4 cm³/mol. The average molecular weight is 265 g/mol. The van der Waals surface area contributed by atoms with E-state index in [9.17, 15) is 9.59 Å². The van der Waals surface area contributed by atoms with Crippen LogP contribution < -0.4 is 11.1 Å². The molecule has 1 aromatic rings. The summed E-state index contributed by atoms with van der Waals surface area (Å²) in [6.07, 6.45) is 0. The van der Waals surface area contributed by atoms with E-state index in [0.29, 0.717) is 11.1 Å². The summed E-state index contributed by atoms with van der Waals surface area (Å²) in [4.78, 5) is 24.7. The van der Waals surface area contributed by atoms with E-state index in [0.717, 1.165) is 0 Å². The van der Waals surface area contributed by atoms with Gasteiger partial charge in [-0.3, -0.25) is 9.59 Å². The Bertz CT molecular complexity index is 469. The molecule has 0 saturated heterocycles. The first-order valence-corrected chi connectivity index (χ1v) is 5.71. The van der Waals surface area contributed by atoms with E-state index >= 15 is 0 Å². The van der Waals surface area contributed by atoms with Crippen LogP contribution in [0, 0.1) is 0 Å². The molecule has 1 aromatic carbocycles. The molecule has 0 fully saturated rings. The maximum absolute atomic E-state index is 11.7.